The molecule has 2 nitrogen and oxygen atoms in total. The minimum Gasteiger partial charge on any atom is -0.370 e. The summed E-state index contributed by atoms with van der Waals surface area (Å²) >= 11 is 0. The van der Waals surface area contributed by atoms with Crippen LogP contribution in [0.4, 0.5) is 0 Å². The number of hydrogen-bond donors (Lipinski definition) is 0. The van der Waals surface area contributed by atoms with E-state index in [1.165, 1.54) is 0 Å². The molecular formula is C19H27O2P. The second-order valence-electron chi connectivity index (χ2n) is 5.86. The molecular weight excluding hydrogens is 291 g/mol. The normalized spacial score (nSPS) is 30.0. The zero-order chi connectivity index (χ0) is 16.7. The predicted octanol–water partition coefficient (Wildman–Crippen LogP) is 4.43. The van der Waals surface area contributed by atoms with Gasteiger partial charge in [0.2, 0.25) is 0 Å². The van der Waals surface area contributed by atoms with Crippen LogP contribution in [-0.2, 0) is 9.47 Å². The Kier molecular flexibility index (Phi) is 7.92. The van der Waals surface area contributed by atoms with E-state index >= 15 is 0 Å². The van der Waals surface area contributed by atoms with Gasteiger partial charge in [-0.1, -0.05) is 44.7 Å². The fourth-order valence-corrected chi connectivity index (χ4v) is 4.85. The van der Waals surface area contributed by atoms with Gasteiger partial charge in [0.05, 0.1) is 25.4 Å². The van der Waals surface area contributed by atoms with Gasteiger partial charge < -0.3 is 9.47 Å². The molecule has 1 fully saturated rings. The van der Waals surface area contributed by atoms with Crippen LogP contribution in [-0.4, -0.2) is 43.4 Å². The van der Waals surface area contributed by atoms with E-state index in [9.17, 15) is 0 Å². The lowest BCUT2D eigenvalue weighted by Gasteiger charge is -2.25. The molecule has 1 aliphatic rings. The smallest absolute Gasteiger partial charge is 0.0912 e. The maximum absolute atomic E-state index is 6.14. The van der Waals surface area contributed by atoms with E-state index in [2.05, 4.69) is 56.6 Å². The van der Waals surface area contributed by atoms with Crippen molar-refractivity contribution in [1.82, 2.24) is 0 Å². The Hall–Kier alpha value is -1.05. The summed E-state index contributed by atoms with van der Waals surface area (Å²) in [7, 11) is -0.109. The molecule has 0 spiro atoms. The van der Waals surface area contributed by atoms with E-state index in [0.29, 0.717) is 24.5 Å². The van der Waals surface area contributed by atoms with Crippen molar-refractivity contribution in [2.75, 3.05) is 19.9 Å². The highest BCUT2D eigenvalue weighted by atomic mass is 31.1. The molecule has 0 radical (unpaired) electrons. The van der Waals surface area contributed by atoms with Crippen LogP contribution in [0.2, 0.25) is 0 Å². The van der Waals surface area contributed by atoms with Crippen LogP contribution in [0.15, 0.2) is 47.2 Å². The molecule has 1 rings (SSSR count). The molecule has 0 bridgehead atoms. The van der Waals surface area contributed by atoms with Crippen molar-refractivity contribution in [3.8, 4) is 0 Å². The minimum atomic E-state index is -0.109. The van der Waals surface area contributed by atoms with Crippen molar-refractivity contribution in [2.24, 2.45) is 0 Å². The van der Waals surface area contributed by atoms with E-state index in [0.717, 1.165) is 11.1 Å². The first-order valence-corrected chi connectivity index (χ1v) is 9.51. The molecule has 1 saturated heterocycles. The van der Waals surface area contributed by atoms with Gasteiger partial charge in [-0.05, 0) is 33.7 Å². The Balaban J connectivity index is 2.80. The highest BCUT2D eigenvalue weighted by molar-refractivity contribution is 7.58. The number of hydrogen-bond acceptors (Lipinski definition) is 2. The van der Waals surface area contributed by atoms with Gasteiger partial charge >= 0.3 is 0 Å². The zero-order valence-electron chi connectivity index (χ0n) is 14.4. The molecule has 0 aliphatic carbocycles. The summed E-state index contributed by atoms with van der Waals surface area (Å²) < 4.78 is 12.3. The maximum Gasteiger partial charge on any atom is 0.0912 e. The Morgan fingerprint density at radius 3 is 1.59 bits per heavy atom. The molecule has 4 atom stereocenters. The average Bonchev–Trinajstić information content (AvgIpc) is 2.68. The Bertz CT molecular complexity index is 504. The quantitative estimate of drug-likeness (QED) is 0.533. The minimum absolute atomic E-state index is 0.109. The Morgan fingerprint density at radius 2 is 1.27 bits per heavy atom. The summed E-state index contributed by atoms with van der Waals surface area (Å²) in [4.78, 5) is 0. The van der Waals surface area contributed by atoms with E-state index in [1.807, 2.05) is 13.8 Å². The van der Waals surface area contributed by atoms with Crippen molar-refractivity contribution in [2.45, 2.75) is 51.2 Å². The van der Waals surface area contributed by atoms with Crippen molar-refractivity contribution >= 4 is 7.92 Å². The monoisotopic (exact) mass is 318 g/mol. The summed E-state index contributed by atoms with van der Waals surface area (Å²) in [6.45, 7) is 19.0. The van der Waals surface area contributed by atoms with Gasteiger partial charge in [-0.3, -0.25) is 0 Å². The van der Waals surface area contributed by atoms with Crippen molar-refractivity contribution in [1.29, 1.82) is 0 Å². The van der Waals surface area contributed by atoms with Crippen LogP contribution in [0, 0.1) is 0 Å². The average molecular weight is 318 g/mol. The van der Waals surface area contributed by atoms with E-state index < -0.39 is 0 Å². The number of ether oxygens (including phenoxy) is 2. The van der Waals surface area contributed by atoms with Gasteiger partial charge in [0.15, 0.2) is 0 Å². The largest absolute Gasteiger partial charge is 0.370 e. The lowest BCUT2D eigenvalue weighted by atomic mass is 10.1. The van der Waals surface area contributed by atoms with Crippen molar-refractivity contribution in [3.63, 3.8) is 0 Å². The van der Waals surface area contributed by atoms with Crippen LogP contribution >= 0.6 is 7.92 Å². The first-order valence-electron chi connectivity index (χ1n) is 7.58. The van der Waals surface area contributed by atoms with Gasteiger partial charge in [0, 0.05) is 22.5 Å². The Morgan fingerprint density at radius 1 is 0.909 bits per heavy atom. The molecule has 0 aromatic rings. The second-order valence-corrected chi connectivity index (χ2v) is 8.82. The number of rotatable bonds is 6. The summed E-state index contributed by atoms with van der Waals surface area (Å²) in [6, 6.07) is 0. The topological polar surface area (TPSA) is 18.5 Å². The molecule has 0 amide bonds. The Labute approximate surface area is 136 Å². The SMILES string of the molecule is C=C=C=C(C)CO[C@H]1[C@H](OCC(C)=C=C=C)[C@H](C)P(C)[C@H]1C. The van der Waals surface area contributed by atoms with E-state index in [-0.39, 0.29) is 20.1 Å². The van der Waals surface area contributed by atoms with E-state index in [4.69, 9.17) is 9.47 Å². The molecule has 22 heavy (non-hydrogen) atoms. The molecule has 0 aromatic heterocycles. The first-order chi connectivity index (χ1) is 10.4. The third-order valence-corrected chi connectivity index (χ3v) is 7.30. The highest BCUT2D eigenvalue weighted by Crippen LogP contribution is 2.54. The fourth-order valence-electron chi connectivity index (χ4n) is 2.67. The van der Waals surface area contributed by atoms with Crippen LogP contribution < -0.4 is 0 Å². The van der Waals surface area contributed by atoms with Gasteiger partial charge in [0.25, 0.3) is 0 Å². The van der Waals surface area contributed by atoms with Crippen molar-refractivity contribution in [3.05, 3.63) is 47.2 Å². The van der Waals surface area contributed by atoms with Gasteiger partial charge in [-0.15, -0.1) is 0 Å². The third kappa shape index (κ3) is 5.00. The first kappa shape index (κ1) is 19.0. The summed E-state index contributed by atoms with van der Waals surface area (Å²) in [5, 5.41) is 0. The molecule has 3 heteroatoms. The lowest BCUT2D eigenvalue weighted by Crippen LogP contribution is -2.36. The molecule has 1 aliphatic heterocycles. The van der Waals surface area contributed by atoms with Gasteiger partial charge in [-0.2, -0.15) is 0 Å². The van der Waals surface area contributed by atoms with Crippen LogP contribution in [0.25, 0.3) is 0 Å². The fraction of sp³-hybridized carbons (Fsp3) is 0.579. The van der Waals surface area contributed by atoms with Crippen molar-refractivity contribution < 1.29 is 9.47 Å². The van der Waals surface area contributed by atoms with E-state index in [1.54, 1.807) is 0 Å². The summed E-state index contributed by atoms with van der Waals surface area (Å²) in [6.07, 6.45) is 0.237. The summed E-state index contributed by atoms with van der Waals surface area (Å²) in [5.41, 5.74) is 14.3. The van der Waals surface area contributed by atoms with Crippen LogP contribution in [0.3, 0.4) is 0 Å². The highest BCUT2D eigenvalue weighted by Gasteiger charge is 2.45. The molecule has 0 unspecified atom stereocenters. The van der Waals surface area contributed by atoms with Crippen LogP contribution in [0.1, 0.15) is 27.7 Å². The zero-order valence-corrected chi connectivity index (χ0v) is 15.3. The molecule has 1 heterocycles. The molecule has 0 N–H and O–H groups in total. The van der Waals surface area contributed by atoms with Gasteiger partial charge in [-0.25, -0.2) is 0 Å². The molecule has 0 aromatic carbocycles. The summed E-state index contributed by atoms with van der Waals surface area (Å²) in [5.74, 6) is 0. The maximum atomic E-state index is 6.14. The second kappa shape index (κ2) is 9.17. The predicted molar refractivity (Wildman–Crippen MR) is 94.9 cm³/mol. The van der Waals surface area contributed by atoms with Gasteiger partial charge in [0.1, 0.15) is 0 Å². The standard InChI is InChI=1S/C19H27O2P/c1-8-10-14(3)12-20-18-16(5)22(7)17(6)19(18)21-13-15(4)11-9-2/h16-19H,1-2,12-13H2,3-7H3/t16-,17-,18+,19+/m0/s1. The third-order valence-electron chi connectivity index (χ3n) is 4.15. The van der Waals surface area contributed by atoms with Crippen LogP contribution in [0.5, 0.6) is 0 Å². The lowest BCUT2D eigenvalue weighted by molar-refractivity contribution is -0.0510. The molecule has 0 saturated carbocycles. The molecule has 120 valence electrons.